The maximum atomic E-state index is 15.4. The normalized spacial score (nSPS) is 23.8. The summed E-state index contributed by atoms with van der Waals surface area (Å²) in [7, 11) is 0. The van der Waals surface area contributed by atoms with Crippen molar-refractivity contribution < 1.29 is 32.9 Å². The van der Waals surface area contributed by atoms with Gasteiger partial charge >= 0.3 is 5.97 Å². The molecule has 6 nitrogen and oxygen atoms in total. The van der Waals surface area contributed by atoms with E-state index in [0.29, 0.717) is 0 Å². The van der Waals surface area contributed by atoms with Crippen LogP contribution in [0.4, 0.5) is 4.39 Å². The molecule has 3 aromatic carbocycles. The Labute approximate surface area is 210 Å². The third-order valence-corrected chi connectivity index (χ3v) is 5.88. The number of carbonyl (C=O) groups excluding carboxylic acids is 1. The molecule has 0 N–H and O–H groups in total. The fraction of sp³-hybridized carbons (Fsp3) is 0.345. The van der Waals surface area contributed by atoms with Crippen LogP contribution >= 0.6 is 0 Å². The third-order valence-electron chi connectivity index (χ3n) is 5.88. The second kappa shape index (κ2) is 13.3. The number of esters is 1. The number of hydrogen-bond donors (Lipinski definition) is 0. The van der Waals surface area contributed by atoms with Crippen LogP contribution in [0.5, 0.6) is 0 Å². The average molecular weight is 495 g/mol. The molecule has 0 amide bonds. The Balaban J connectivity index is 1.57. The first kappa shape index (κ1) is 26.0. The molecule has 7 heteroatoms. The molecule has 0 radical (unpaired) electrons. The maximum Gasteiger partial charge on any atom is 0.302 e. The van der Waals surface area contributed by atoms with E-state index >= 15 is 4.39 Å². The van der Waals surface area contributed by atoms with E-state index in [1.807, 2.05) is 91.0 Å². The zero-order valence-electron chi connectivity index (χ0n) is 20.2. The molecule has 0 aromatic heterocycles. The Kier molecular flexibility index (Phi) is 9.58. The maximum absolute atomic E-state index is 15.4. The lowest BCUT2D eigenvalue weighted by Crippen LogP contribution is -2.60. The van der Waals surface area contributed by atoms with Crippen molar-refractivity contribution in [3.05, 3.63) is 108 Å². The number of halogens is 1. The van der Waals surface area contributed by atoms with Crippen molar-refractivity contribution in [2.75, 3.05) is 6.61 Å². The molecule has 5 atom stereocenters. The number of rotatable bonds is 11. The largest absolute Gasteiger partial charge is 0.463 e. The van der Waals surface area contributed by atoms with Crippen molar-refractivity contribution in [3.63, 3.8) is 0 Å². The molecule has 0 spiro atoms. The molecule has 1 aliphatic heterocycles. The predicted molar refractivity (Wildman–Crippen MR) is 131 cm³/mol. The quantitative estimate of drug-likeness (QED) is 0.350. The SMILES string of the molecule is CC(=O)OC[C@H]1O[C@@H](F)[C@H](OCc2ccccc2)[C@@H](OCc2ccccc2)[C@H]1OCc1ccccc1. The Morgan fingerprint density at radius 3 is 1.56 bits per heavy atom. The smallest absolute Gasteiger partial charge is 0.302 e. The van der Waals surface area contributed by atoms with Crippen LogP contribution in [0.25, 0.3) is 0 Å². The first-order valence-corrected chi connectivity index (χ1v) is 12.0. The summed E-state index contributed by atoms with van der Waals surface area (Å²) in [5.41, 5.74) is 2.77. The fourth-order valence-corrected chi connectivity index (χ4v) is 4.07. The van der Waals surface area contributed by atoms with Crippen molar-refractivity contribution >= 4 is 5.97 Å². The zero-order valence-corrected chi connectivity index (χ0v) is 20.2. The monoisotopic (exact) mass is 494 g/mol. The Hall–Kier alpha value is -3.10. The number of carbonyl (C=O) groups is 1. The molecule has 1 aliphatic rings. The van der Waals surface area contributed by atoms with Crippen LogP contribution in [-0.4, -0.2) is 43.3 Å². The third kappa shape index (κ3) is 7.45. The molecule has 36 heavy (non-hydrogen) atoms. The lowest BCUT2D eigenvalue weighted by atomic mass is 9.98. The fourth-order valence-electron chi connectivity index (χ4n) is 4.07. The Morgan fingerprint density at radius 1 is 0.694 bits per heavy atom. The topological polar surface area (TPSA) is 63.2 Å². The second-order valence-corrected chi connectivity index (χ2v) is 8.61. The highest BCUT2D eigenvalue weighted by Crippen LogP contribution is 2.31. The van der Waals surface area contributed by atoms with Gasteiger partial charge in [0.1, 0.15) is 31.0 Å². The van der Waals surface area contributed by atoms with Gasteiger partial charge in [0.2, 0.25) is 6.36 Å². The van der Waals surface area contributed by atoms with Gasteiger partial charge < -0.3 is 23.7 Å². The van der Waals surface area contributed by atoms with E-state index in [9.17, 15) is 4.79 Å². The Morgan fingerprint density at radius 2 is 1.11 bits per heavy atom. The minimum atomic E-state index is -1.80. The number of benzene rings is 3. The molecule has 0 bridgehead atoms. The molecule has 3 aromatic rings. The summed E-state index contributed by atoms with van der Waals surface area (Å²) in [6, 6.07) is 28.7. The highest BCUT2D eigenvalue weighted by Gasteiger charge is 2.49. The molecule has 1 heterocycles. The average Bonchev–Trinajstić information content (AvgIpc) is 2.91. The molecule has 4 rings (SSSR count). The molecular weight excluding hydrogens is 463 g/mol. The van der Waals surface area contributed by atoms with Crippen LogP contribution in [0, 0.1) is 0 Å². The van der Waals surface area contributed by atoms with E-state index in [4.69, 9.17) is 23.7 Å². The van der Waals surface area contributed by atoms with Crippen LogP contribution in [-0.2, 0) is 48.3 Å². The van der Waals surface area contributed by atoms with Gasteiger partial charge in [-0.1, -0.05) is 91.0 Å². The molecule has 1 saturated heterocycles. The lowest BCUT2D eigenvalue weighted by Gasteiger charge is -2.43. The van der Waals surface area contributed by atoms with Gasteiger partial charge in [0.25, 0.3) is 0 Å². The van der Waals surface area contributed by atoms with Gasteiger partial charge in [0.05, 0.1) is 19.8 Å². The molecule has 0 saturated carbocycles. The second-order valence-electron chi connectivity index (χ2n) is 8.61. The molecule has 1 fully saturated rings. The van der Waals surface area contributed by atoms with Crippen molar-refractivity contribution in [1.82, 2.24) is 0 Å². The lowest BCUT2D eigenvalue weighted by molar-refractivity contribution is -0.297. The van der Waals surface area contributed by atoms with Crippen LogP contribution in [0.15, 0.2) is 91.0 Å². The first-order chi connectivity index (χ1) is 17.6. The highest BCUT2D eigenvalue weighted by molar-refractivity contribution is 5.65. The van der Waals surface area contributed by atoms with Crippen LogP contribution in [0.1, 0.15) is 23.6 Å². The van der Waals surface area contributed by atoms with E-state index in [1.54, 1.807) is 0 Å². The number of ether oxygens (including phenoxy) is 5. The number of hydrogen-bond acceptors (Lipinski definition) is 6. The van der Waals surface area contributed by atoms with E-state index in [0.717, 1.165) is 16.7 Å². The molecule has 0 unspecified atom stereocenters. The van der Waals surface area contributed by atoms with Crippen molar-refractivity contribution in [2.45, 2.75) is 57.5 Å². The molecule has 0 aliphatic carbocycles. The first-order valence-electron chi connectivity index (χ1n) is 12.0. The summed E-state index contributed by atoms with van der Waals surface area (Å²) in [5, 5.41) is 0. The van der Waals surface area contributed by atoms with Crippen molar-refractivity contribution in [3.8, 4) is 0 Å². The van der Waals surface area contributed by atoms with Crippen molar-refractivity contribution in [1.29, 1.82) is 0 Å². The summed E-state index contributed by atoms with van der Waals surface area (Å²) in [6.45, 7) is 1.80. The predicted octanol–water partition coefficient (Wildman–Crippen LogP) is 5.00. The summed E-state index contributed by atoms with van der Waals surface area (Å²) >= 11 is 0. The number of alkyl halides is 1. The van der Waals surface area contributed by atoms with E-state index in [1.165, 1.54) is 6.92 Å². The van der Waals surface area contributed by atoms with Crippen molar-refractivity contribution in [2.24, 2.45) is 0 Å². The summed E-state index contributed by atoms with van der Waals surface area (Å²) < 4.78 is 44.8. The highest BCUT2D eigenvalue weighted by atomic mass is 19.1. The van der Waals surface area contributed by atoms with E-state index < -0.39 is 36.7 Å². The van der Waals surface area contributed by atoms with Gasteiger partial charge in [-0.3, -0.25) is 4.79 Å². The van der Waals surface area contributed by atoms with Gasteiger partial charge in [-0.2, -0.15) is 0 Å². The molecular formula is C29H31FO6. The van der Waals surface area contributed by atoms with E-state index in [-0.39, 0.29) is 26.4 Å². The summed E-state index contributed by atoms with van der Waals surface area (Å²) in [4.78, 5) is 11.5. The molecule has 190 valence electrons. The summed E-state index contributed by atoms with van der Waals surface area (Å²) in [5.74, 6) is -0.486. The van der Waals surface area contributed by atoms with Gasteiger partial charge in [-0.15, -0.1) is 0 Å². The summed E-state index contributed by atoms with van der Waals surface area (Å²) in [6.07, 6.45) is -5.29. The van der Waals surface area contributed by atoms with E-state index in [2.05, 4.69) is 0 Å². The zero-order chi connectivity index (χ0) is 25.2. The van der Waals surface area contributed by atoms with Crippen LogP contribution < -0.4 is 0 Å². The Bertz CT molecular complexity index is 1050. The minimum Gasteiger partial charge on any atom is -0.463 e. The van der Waals surface area contributed by atoms with Gasteiger partial charge in [0, 0.05) is 6.92 Å². The standard InChI is InChI=1S/C29H31FO6/c1-21(31)32-20-25-26(33-17-22-11-5-2-6-12-22)27(34-18-23-13-7-3-8-14-23)28(29(30)36-25)35-19-24-15-9-4-10-16-24/h2-16,25-29H,17-20H2,1H3/t25-,26+,27+,28-,29-/m1/s1. The van der Waals surface area contributed by atoms with Gasteiger partial charge in [-0.25, -0.2) is 4.39 Å². The van der Waals surface area contributed by atoms with Crippen LogP contribution in [0.2, 0.25) is 0 Å². The van der Waals surface area contributed by atoms with Gasteiger partial charge in [0.15, 0.2) is 0 Å². The van der Waals surface area contributed by atoms with Gasteiger partial charge in [-0.05, 0) is 16.7 Å². The minimum absolute atomic E-state index is 0.161. The van der Waals surface area contributed by atoms with Crippen LogP contribution in [0.3, 0.4) is 0 Å².